The van der Waals surface area contributed by atoms with Crippen LogP contribution in [0.1, 0.15) is 6.42 Å². The molecular weight excluding hydrogens is 104 g/mol. The molecule has 0 fully saturated rings. The minimum Gasteiger partial charge on any atom is -0.324 e. The van der Waals surface area contributed by atoms with Gasteiger partial charge in [-0.15, -0.1) is 0 Å². The van der Waals surface area contributed by atoms with Crippen molar-refractivity contribution in [3.05, 3.63) is 0 Å². The van der Waals surface area contributed by atoms with Gasteiger partial charge in [-0.2, -0.15) is 0 Å². The highest BCUT2D eigenvalue weighted by atomic mass is 16.1. The van der Waals surface area contributed by atoms with Crippen LogP contribution in [-0.4, -0.2) is 25.6 Å². The Balaban J connectivity index is 3.11. The molecule has 0 bridgehead atoms. The second-order valence-electron chi connectivity index (χ2n) is 1.44. The predicted octanol–water partition coefficient (Wildman–Crippen LogP) is -0.395. The summed E-state index contributed by atoms with van der Waals surface area (Å²) in [4.78, 5) is 13.9. The third kappa shape index (κ3) is 3.49. The average Bonchev–Trinajstić information content (AvgIpc) is 1.83. The van der Waals surface area contributed by atoms with E-state index in [4.69, 9.17) is 5.73 Å². The summed E-state index contributed by atoms with van der Waals surface area (Å²) in [6.07, 6.45) is 0.431. The zero-order valence-electron chi connectivity index (χ0n) is 4.76. The minimum atomic E-state index is 0.0393. The molecule has 0 unspecified atom stereocenters. The first-order valence-electron chi connectivity index (χ1n) is 2.45. The van der Waals surface area contributed by atoms with Gasteiger partial charge in [0.05, 0.1) is 6.54 Å². The van der Waals surface area contributed by atoms with E-state index in [9.17, 15) is 4.79 Å². The SMILES string of the molecule is C=NCCC(=O)CN. The van der Waals surface area contributed by atoms with E-state index in [-0.39, 0.29) is 12.3 Å². The van der Waals surface area contributed by atoms with Gasteiger partial charge in [0.25, 0.3) is 0 Å². The lowest BCUT2D eigenvalue weighted by molar-refractivity contribution is -0.117. The number of ketones is 1. The van der Waals surface area contributed by atoms with Gasteiger partial charge in [-0.1, -0.05) is 0 Å². The van der Waals surface area contributed by atoms with Crippen LogP contribution in [0.2, 0.25) is 0 Å². The largest absolute Gasteiger partial charge is 0.324 e. The van der Waals surface area contributed by atoms with Crippen LogP contribution in [0.5, 0.6) is 0 Å². The quantitative estimate of drug-likeness (QED) is 0.506. The molecule has 0 aliphatic rings. The van der Waals surface area contributed by atoms with Crippen molar-refractivity contribution in [2.75, 3.05) is 13.1 Å². The van der Waals surface area contributed by atoms with Crippen LogP contribution < -0.4 is 5.73 Å². The molecule has 0 saturated carbocycles. The molecule has 0 aliphatic carbocycles. The second-order valence-corrected chi connectivity index (χ2v) is 1.44. The molecule has 8 heavy (non-hydrogen) atoms. The van der Waals surface area contributed by atoms with E-state index in [0.29, 0.717) is 13.0 Å². The normalized spacial score (nSPS) is 8.62. The Kier molecular flexibility index (Phi) is 4.07. The highest BCUT2D eigenvalue weighted by molar-refractivity contribution is 5.80. The van der Waals surface area contributed by atoms with Gasteiger partial charge in [0.15, 0.2) is 0 Å². The number of hydrogen-bond acceptors (Lipinski definition) is 3. The van der Waals surface area contributed by atoms with Gasteiger partial charge in [-0.25, -0.2) is 0 Å². The van der Waals surface area contributed by atoms with Crippen molar-refractivity contribution in [2.45, 2.75) is 6.42 Å². The predicted molar refractivity (Wildman–Crippen MR) is 33.1 cm³/mol. The molecular formula is C5H10N2O. The fraction of sp³-hybridized carbons (Fsp3) is 0.600. The number of carbonyl (C=O) groups is 1. The summed E-state index contributed by atoms with van der Waals surface area (Å²) >= 11 is 0. The van der Waals surface area contributed by atoms with Gasteiger partial charge in [0.2, 0.25) is 0 Å². The van der Waals surface area contributed by atoms with Crippen LogP contribution in [-0.2, 0) is 4.79 Å². The number of Topliss-reactive ketones (excluding diaryl/α,β-unsaturated/α-hetero) is 1. The molecule has 3 nitrogen and oxygen atoms in total. The molecule has 2 N–H and O–H groups in total. The van der Waals surface area contributed by atoms with E-state index in [1.807, 2.05) is 0 Å². The van der Waals surface area contributed by atoms with Crippen LogP contribution >= 0.6 is 0 Å². The molecule has 0 amide bonds. The molecule has 0 radical (unpaired) electrons. The fourth-order valence-electron chi connectivity index (χ4n) is 0.306. The molecule has 0 spiro atoms. The van der Waals surface area contributed by atoms with Crippen LogP contribution in [0.25, 0.3) is 0 Å². The summed E-state index contributed by atoms with van der Waals surface area (Å²) < 4.78 is 0. The smallest absolute Gasteiger partial charge is 0.148 e. The molecule has 3 heteroatoms. The summed E-state index contributed by atoms with van der Waals surface area (Å²) in [7, 11) is 0. The van der Waals surface area contributed by atoms with E-state index in [2.05, 4.69) is 11.7 Å². The first-order chi connectivity index (χ1) is 3.81. The Morgan fingerprint density at radius 1 is 1.75 bits per heavy atom. The Morgan fingerprint density at radius 3 is 2.75 bits per heavy atom. The summed E-state index contributed by atoms with van der Waals surface area (Å²) in [6, 6.07) is 0. The maximum Gasteiger partial charge on any atom is 0.148 e. The van der Waals surface area contributed by atoms with E-state index in [0.717, 1.165) is 0 Å². The van der Waals surface area contributed by atoms with Gasteiger partial charge in [-0.05, 0) is 6.72 Å². The topological polar surface area (TPSA) is 55.5 Å². The Labute approximate surface area is 48.6 Å². The monoisotopic (exact) mass is 114 g/mol. The highest BCUT2D eigenvalue weighted by Crippen LogP contribution is 1.79. The molecule has 0 aromatic carbocycles. The van der Waals surface area contributed by atoms with Gasteiger partial charge >= 0.3 is 0 Å². The van der Waals surface area contributed by atoms with Gasteiger partial charge in [-0.3, -0.25) is 4.79 Å². The van der Waals surface area contributed by atoms with Crippen LogP contribution in [0.3, 0.4) is 0 Å². The van der Waals surface area contributed by atoms with E-state index in [1.165, 1.54) is 0 Å². The number of hydrogen-bond donors (Lipinski definition) is 1. The van der Waals surface area contributed by atoms with E-state index in [1.54, 1.807) is 0 Å². The summed E-state index contributed by atoms with van der Waals surface area (Å²) in [5, 5.41) is 0. The minimum absolute atomic E-state index is 0.0393. The zero-order chi connectivity index (χ0) is 6.41. The lowest BCUT2D eigenvalue weighted by Gasteiger charge is -1.88. The Morgan fingerprint density at radius 2 is 2.38 bits per heavy atom. The van der Waals surface area contributed by atoms with Crippen molar-refractivity contribution in [1.82, 2.24) is 0 Å². The lowest BCUT2D eigenvalue weighted by atomic mass is 10.3. The lowest BCUT2D eigenvalue weighted by Crippen LogP contribution is -2.13. The average molecular weight is 114 g/mol. The maximum atomic E-state index is 10.4. The van der Waals surface area contributed by atoms with Crippen molar-refractivity contribution < 1.29 is 4.79 Å². The summed E-state index contributed by atoms with van der Waals surface area (Å²) in [5.74, 6) is 0.0393. The first-order valence-corrected chi connectivity index (χ1v) is 2.45. The van der Waals surface area contributed by atoms with Crippen molar-refractivity contribution in [3.63, 3.8) is 0 Å². The molecule has 0 aromatic rings. The first kappa shape index (κ1) is 7.30. The molecule has 46 valence electrons. The summed E-state index contributed by atoms with van der Waals surface area (Å²) in [5.41, 5.74) is 5.00. The molecule has 0 aromatic heterocycles. The fourth-order valence-corrected chi connectivity index (χ4v) is 0.306. The van der Waals surface area contributed by atoms with Crippen molar-refractivity contribution >= 4 is 12.5 Å². The Bertz CT molecular complexity index is 90.4. The number of rotatable bonds is 4. The number of nitrogens with zero attached hydrogens (tertiary/aromatic N) is 1. The van der Waals surface area contributed by atoms with Crippen LogP contribution in [0, 0.1) is 0 Å². The molecule has 0 saturated heterocycles. The highest BCUT2D eigenvalue weighted by Gasteiger charge is 1.93. The van der Waals surface area contributed by atoms with Crippen molar-refractivity contribution in [1.29, 1.82) is 0 Å². The molecule has 0 aliphatic heterocycles. The van der Waals surface area contributed by atoms with Gasteiger partial charge in [0, 0.05) is 13.0 Å². The second kappa shape index (κ2) is 4.46. The molecule has 0 atom stereocenters. The number of nitrogens with two attached hydrogens (primary N) is 1. The summed E-state index contributed by atoms with van der Waals surface area (Å²) in [6.45, 7) is 3.84. The number of aliphatic imine (C=N–C) groups is 1. The Hall–Kier alpha value is -0.700. The van der Waals surface area contributed by atoms with Crippen LogP contribution in [0.4, 0.5) is 0 Å². The van der Waals surface area contributed by atoms with E-state index < -0.39 is 0 Å². The van der Waals surface area contributed by atoms with Crippen LogP contribution in [0.15, 0.2) is 4.99 Å². The maximum absolute atomic E-state index is 10.4. The third-order valence-corrected chi connectivity index (χ3v) is 0.776. The molecule has 0 rings (SSSR count). The third-order valence-electron chi connectivity index (χ3n) is 0.776. The molecule has 0 heterocycles. The standard InChI is InChI=1S/C5H10N2O/c1-7-3-2-5(8)4-6/h1-4,6H2. The van der Waals surface area contributed by atoms with Gasteiger partial charge < -0.3 is 10.7 Å². The number of carbonyl (C=O) groups excluding carboxylic acids is 1. The zero-order valence-corrected chi connectivity index (χ0v) is 4.76. The van der Waals surface area contributed by atoms with Crippen molar-refractivity contribution in [2.24, 2.45) is 10.7 Å². The van der Waals surface area contributed by atoms with Crippen molar-refractivity contribution in [3.8, 4) is 0 Å². The van der Waals surface area contributed by atoms with Gasteiger partial charge in [0.1, 0.15) is 5.78 Å². The van der Waals surface area contributed by atoms with E-state index >= 15 is 0 Å².